The van der Waals surface area contributed by atoms with E-state index in [1.807, 2.05) is 51.1 Å². The number of hydrogen-bond acceptors (Lipinski definition) is 5. The molecule has 6 nitrogen and oxygen atoms in total. The summed E-state index contributed by atoms with van der Waals surface area (Å²) in [5, 5.41) is 12.9. The monoisotopic (exact) mass is 427 g/mol. The number of ether oxygens (including phenoxy) is 1. The summed E-state index contributed by atoms with van der Waals surface area (Å²) in [5.74, 6) is -3.40. The molecule has 0 radical (unpaired) electrons. The highest BCUT2D eigenvalue weighted by Crippen LogP contribution is 2.41. The number of nitrogens with one attached hydrogen (secondary N) is 1. The van der Waals surface area contributed by atoms with Crippen LogP contribution in [0.4, 0.5) is 5.00 Å². The van der Waals surface area contributed by atoms with Crippen LogP contribution < -0.4 is 5.32 Å². The highest BCUT2D eigenvalue weighted by Gasteiger charge is 2.38. The van der Waals surface area contributed by atoms with Gasteiger partial charge in [-0.15, -0.1) is 11.3 Å². The molecule has 7 heteroatoms. The van der Waals surface area contributed by atoms with Gasteiger partial charge in [-0.3, -0.25) is 9.59 Å². The first-order valence-corrected chi connectivity index (χ1v) is 10.5. The number of carboxylic acid groups (broad SMARTS) is 1. The Labute approximate surface area is 179 Å². The number of anilines is 1. The van der Waals surface area contributed by atoms with E-state index in [0.717, 1.165) is 21.6 Å². The lowest BCUT2D eigenvalue weighted by molar-refractivity contribution is -0.146. The maximum atomic E-state index is 13.1. The van der Waals surface area contributed by atoms with Gasteiger partial charge in [0.15, 0.2) is 0 Å². The Bertz CT molecular complexity index is 1020. The fourth-order valence-electron chi connectivity index (χ4n) is 3.91. The first-order chi connectivity index (χ1) is 14.2. The van der Waals surface area contributed by atoms with E-state index < -0.39 is 23.8 Å². The number of carbonyl (C=O) groups excluding carboxylic acids is 2. The second-order valence-electron chi connectivity index (χ2n) is 7.60. The lowest BCUT2D eigenvalue weighted by Crippen LogP contribution is -2.36. The van der Waals surface area contributed by atoms with Crippen LogP contribution in [-0.2, 0) is 14.3 Å². The van der Waals surface area contributed by atoms with Crippen molar-refractivity contribution in [2.24, 2.45) is 11.8 Å². The first kappa shape index (κ1) is 21.8. The van der Waals surface area contributed by atoms with Gasteiger partial charge in [0.05, 0.1) is 18.9 Å². The Kier molecular flexibility index (Phi) is 6.41. The van der Waals surface area contributed by atoms with Gasteiger partial charge in [0.1, 0.15) is 10.6 Å². The van der Waals surface area contributed by atoms with Crippen molar-refractivity contribution in [2.45, 2.75) is 33.6 Å². The number of amides is 1. The van der Waals surface area contributed by atoms with Gasteiger partial charge in [-0.1, -0.05) is 41.5 Å². The molecule has 0 saturated heterocycles. The molecule has 0 saturated carbocycles. The van der Waals surface area contributed by atoms with Crippen LogP contribution in [0.2, 0.25) is 0 Å². The van der Waals surface area contributed by atoms with Crippen molar-refractivity contribution in [3.63, 3.8) is 0 Å². The minimum absolute atomic E-state index is 0.297. The van der Waals surface area contributed by atoms with Crippen molar-refractivity contribution in [3.8, 4) is 11.1 Å². The van der Waals surface area contributed by atoms with E-state index in [1.54, 1.807) is 0 Å². The van der Waals surface area contributed by atoms with Crippen molar-refractivity contribution in [1.82, 2.24) is 0 Å². The van der Waals surface area contributed by atoms with Gasteiger partial charge in [0.25, 0.3) is 0 Å². The van der Waals surface area contributed by atoms with E-state index in [-0.39, 0.29) is 5.91 Å². The van der Waals surface area contributed by atoms with E-state index in [9.17, 15) is 19.5 Å². The van der Waals surface area contributed by atoms with Crippen LogP contribution in [0.5, 0.6) is 0 Å². The zero-order chi connectivity index (χ0) is 22.0. The van der Waals surface area contributed by atoms with E-state index in [2.05, 4.69) is 5.32 Å². The van der Waals surface area contributed by atoms with Crippen LogP contribution in [0.3, 0.4) is 0 Å². The molecule has 0 bridgehead atoms. The number of carboxylic acids is 1. The Morgan fingerprint density at radius 3 is 2.20 bits per heavy atom. The zero-order valence-corrected chi connectivity index (χ0v) is 18.3. The van der Waals surface area contributed by atoms with Crippen molar-refractivity contribution in [3.05, 3.63) is 51.9 Å². The summed E-state index contributed by atoms with van der Waals surface area (Å²) in [6.07, 6.45) is 0.736. The second kappa shape index (κ2) is 8.83. The molecule has 1 aromatic heterocycles. The Morgan fingerprint density at radius 1 is 1.03 bits per heavy atom. The van der Waals surface area contributed by atoms with Gasteiger partial charge in [-0.25, -0.2) is 4.79 Å². The standard InChI is InChI=1S/C23H25NO5S/c1-12-10-16(17(22(26)27)11-13(12)2)20(25)24-21-19(23(28)29-4)18(14(3)30-21)15-8-6-5-7-9-15/h5-9,16-17H,10-11H2,1-4H3,(H,24,25)(H,26,27)/t16-,17-/m0/s1. The fraction of sp³-hybridized carbons (Fsp3) is 0.348. The number of esters is 1. The summed E-state index contributed by atoms with van der Waals surface area (Å²) >= 11 is 1.29. The third-order valence-corrected chi connectivity index (χ3v) is 6.71. The molecule has 0 aliphatic heterocycles. The first-order valence-electron chi connectivity index (χ1n) is 9.70. The van der Waals surface area contributed by atoms with E-state index in [0.29, 0.717) is 29.0 Å². The largest absolute Gasteiger partial charge is 0.481 e. The van der Waals surface area contributed by atoms with Gasteiger partial charge in [-0.2, -0.15) is 0 Å². The number of aliphatic carboxylic acids is 1. The van der Waals surface area contributed by atoms with Gasteiger partial charge < -0.3 is 15.2 Å². The predicted octanol–water partition coefficient (Wildman–Crippen LogP) is 4.90. The predicted molar refractivity (Wildman–Crippen MR) is 117 cm³/mol. The van der Waals surface area contributed by atoms with Crippen LogP contribution >= 0.6 is 11.3 Å². The Balaban J connectivity index is 1.99. The lowest BCUT2D eigenvalue weighted by Gasteiger charge is -2.29. The molecular formula is C23H25NO5S. The molecule has 1 aliphatic rings. The highest BCUT2D eigenvalue weighted by atomic mass is 32.1. The Hall–Kier alpha value is -2.93. The number of hydrogen-bond donors (Lipinski definition) is 2. The normalized spacial score (nSPS) is 18.8. The summed E-state index contributed by atoms with van der Waals surface area (Å²) in [6, 6.07) is 9.43. The average molecular weight is 428 g/mol. The molecule has 1 amide bonds. The quantitative estimate of drug-likeness (QED) is 0.523. The number of aryl methyl sites for hydroxylation is 1. The maximum absolute atomic E-state index is 13.1. The molecule has 158 valence electrons. The smallest absolute Gasteiger partial charge is 0.341 e. The lowest BCUT2D eigenvalue weighted by atomic mass is 9.76. The molecule has 0 fully saturated rings. The van der Waals surface area contributed by atoms with Crippen molar-refractivity contribution >= 4 is 34.2 Å². The number of benzene rings is 1. The fourth-order valence-corrected chi connectivity index (χ4v) is 4.98. The number of thiophene rings is 1. The second-order valence-corrected chi connectivity index (χ2v) is 8.83. The third kappa shape index (κ3) is 4.16. The van der Waals surface area contributed by atoms with Crippen LogP contribution in [0, 0.1) is 18.8 Å². The van der Waals surface area contributed by atoms with Gasteiger partial charge in [0.2, 0.25) is 5.91 Å². The minimum atomic E-state index is -0.984. The van der Waals surface area contributed by atoms with E-state index >= 15 is 0 Å². The molecule has 30 heavy (non-hydrogen) atoms. The molecule has 1 aromatic carbocycles. The molecule has 0 unspecified atom stereocenters. The number of allylic oxidation sites excluding steroid dienone is 2. The summed E-state index contributed by atoms with van der Waals surface area (Å²) in [5.41, 5.74) is 3.91. The number of carbonyl (C=O) groups is 3. The average Bonchev–Trinajstić information content (AvgIpc) is 3.04. The van der Waals surface area contributed by atoms with Crippen LogP contribution in [-0.4, -0.2) is 30.1 Å². The summed E-state index contributed by atoms with van der Waals surface area (Å²) in [6.45, 7) is 5.71. The topological polar surface area (TPSA) is 92.7 Å². The van der Waals surface area contributed by atoms with Gasteiger partial charge in [0, 0.05) is 10.4 Å². The van der Waals surface area contributed by atoms with Crippen LogP contribution in [0.1, 0.15) is 41.9 Å². The molecular weight excluding hydrogens is 402 g/mol. The molecule has 1 aliphatic carbocycles. The number of rotatable bonds is 5. The molecule has 2 atom stereocenters. The molecule has 1 heterocycles. The highest BCUT2D eigenvalue weighted by molar-refractivity contribution is 7.17. The zero-order valence-electron chi connectivity index (χ0n) is 17.4. The van der Waals surface area contributed by atoms with Crippen LogP contribution in [0.25, 0.3) is 11.1 Å². The molecule has 3 rings (SSSR count). The van der Waals surface area contributed by atoms with Crippen molar-refractivity contribution in [1.29, 1.82) is 0 Å². The Morgan fingerprint density at radius 2 is 1.63 bits per heavy atom. The molecule has 0 spiro atoms. The molecule has 2 N–H and O–H groups in total. The van der Waals surface area contributed by atoms with E-state index in [1.165, 1.54) is 18.4 Å². The van der Waals surface area contributed by atoms with Crippen LogP contribution in [0.15, 0.2) is 41.5 Å². The SMILES string of the molecule is COC(=O)c1c(NC(=O)[C@H]2CC(C)=C(C)C[C@@H]2C(=O)O)sc(C)c1-c1ccccc1. The van der Waals surface area contributed by atoms with Crippen molar-refractivity contribution < 1.29 is 24.2 Å². The van der Waals surface area contributed by atoms with Crippen molar-refractivity contribution in [2.75, 3.05) is 12.4 Å². The summed E-state index contributed by atoms with van der Waals surface area (Å²) in [4.78, 5) is 38.3. The van der Waals surface area contributed by atoms with Gasteiger partial charge in [-0.05, 0) is 39.2 Å². The minimum Gasteiger partial charge on any atom is -0.481 e. The van der Waals surface area contributed by atoms with E-state index in [4.69, 9.17) is 4.74 Å². The van der Waals surface area contributed by atoms with Gasteiger partial charge >= 0.3 is 11.9 Å². The summed E-state index contributed by atoms with van der Waals surface area (Å²) in [7, 11) is 1.30. The maximum Gasteiger partial charge on any atom is 0.341 e. The number of methoxy groups -OCH3 is 1. The summed E-state index contributed by atoms with van der Waals surface area (Å²) < 4.78 is 4.98. The molecule has 2 aromatic rings. The third-order valence-electron chi connectivity index (χ3n) is 5.69.